The van der Waals surface area contributed by atoms with Gasteiger partial charge in [-0.2, -0.15) is 0 Å². The summed E-state index contributed by atoms with van der Waals surface area (Å²) >= 11 is 0. The van der Waals surface area contributed by atoms with Crippen molar-refractivity contribution in [3.05, 3.63) is 102 Å². The van der Waals surface area contributed by atoms with Gasteiger partial charge in [0, 0.05) is 10.9 Å². The van der Waals surface area contributed by atoms with E-state index in [1.807, 2.05) is 30.3 Å². The summed E-state index contributed by atoms with van der Waals surface area (Å²) in [7, 11) is -3.47. The van der Waals surface area contributed by atoms with E-state index in [-0.39, 0.29) is 12.5 Å². The maximum absolute atomic E-state index is 13.3. The number of hydrogen-bond donors (Lipinski definition) is 5. The lowest BCUT2D eigenvalue weighted by Gasteiger charge is -2.10. The molecule has 0 saturated heterocycles. The van der Waals surface area contributed by atoms with Crippen molar-refractivity contribution in [2.45, 2.75) is 13.1 Å². The first kappa shape index (κ1) is 26.1. The highest BCUT2D eigenvalue weighted by atomic mass is 16.6. The number of benzene rings is 3. The van der Waals surface area contributed by atoms with E-state index in [0.29, 0.717) is 45.6 Å². The van der Waals surface area contributed by atoms with Crippen molar-refractivity contribution >= 4 is 36.7 Å². The van der Waals surface area contributed by atoms with E-state index < -0.39 is 14.4 Å². The Kier molecular flexibility index (Phi) is 7.66. The van der Waals surface area contributed by atoms with E-state index in [2.05, 4.69) is 20.6 Å². The molecule has 13 heteroatoms. The first-order valence-electron chi connectivity index (χ1n) is 12.0. The predicted molar refractivity (Wildman–Crippen MR) is 145 cm³/mol. The Labute approximate surface area is 223 Å². The first-order chi connectivity index (χ1) is 18.9. The Morgan fingerprint density at radius 3 is 2.51 bits per heavy atom. The molecule has 2 aromatic heterocycles. The van der Waals surface area contributed by atoms with E-state index >= 15 is 0 Å². The average molecular weight is 523 g/mol. The number of carbonyl (C=O) groups is 1. The van der Waals surface area contributed by atoms with Crippen LogP contribution in [0.2, 0.25) is 0 Å². The van der Waals surface area contributed by atoms with Gasteiger partial charge in [-0.05, 0) is 35.3 Å². The third-order valence-electron chi connectivity index (χ3n) is 5.97. The lowest BCUT2D eigenvalue weighted by Crippen LogP contribution is -2.29. The maximum Gasteiger partial charge on any atom is 0.707 e. The summed E-state index contributed by atoms with van der Waals surface area (Å²) in [6.45, 7) is 0.512. The van der Waals surface area contributed by atoms with E-state index in [1.165, 1.54) is 0 Å². The van der Waals surface area contributed by atoms with Crippen molar-refractivity contribution in [1.82, 2.24) is 25.3 Å². The molecule has 3 aromatic carbocycles. The third kappa shape index (κ3) is 6.30. The van der Waals surface area contributed by atoms with Crippen LogP contribution in [0.3, 0.4) is 0 Å². The molecule has 0 aliphatic heterocycles. The number of rotatable bonds is 9. The van der Waals surface area contributed by atoms with E-state index in [4.69, 9.17) is 14.7 Å². The topological polar surface area (TPSA) is 163 Å². The van der Waals surface area contributed by atoms with Crippen molar-refractivity contribution in [1.29, 1.82) is 0 Å². The number of para-hydroxylation sites is 1. The molecule has 5 rings (SSSR count). The van der Waals surface area contributed by atoms with Crippen molar-refractivity contribution in [2.75, 3.05) is 0 Å². The molecule has 5 N–H and O–H groups in total. The van der Waals surface area contributed by atoms with Crippen LogP contribution < -0.4 is 15.4 Å². The Morgan fingerprint density at radius 1 is 0.949 bits per heavy atom. The third-order valence-corrected chi connectivity index (χ3v) is 5.97. The second-order valence-electron chi connectivity index (χ2n) is 8.75. The van der Waals surface area contributed by atoms with Gasteiger partial charge in [0.2, 0.25) is 0 Å². The van der Waals surface area contributed by atoms with E-state index in [9.17, 15) is 14.8 Å². The summed E-state index contributed by atoms with van der Waals surface area (Å²) < 4.78 is 6.48. The Bertz CT molecular complexity index is 1610. The van der Waals surface area contributed by atoms with Crippen LogP contribution in [0, 0.1) is 0 Å². The fourth-order valence-electron chi connectivity index (χ4n) is 4.13. The lowest BCUT2D eigenvalue weighted by molar-refractivity contribution is 0.0952. The van der Waals surface area contributed by atoms with Gasteiger partial charge in [-0.15, -0.1) is 5.10 Å². The number of hydrogen-bond acceptors (Lipinski definition) is 9. The quantitative estimate of drug-likeness (QED) is 0.173. The van der Waals surface area contributed by atoms with Gasteiger partial charge in [-0.3, -0.25) is 4.79 Å². The van der Waals surface area contributed by atoms with Crippen molar-refractivity contribution in [3.8, 4) is 17.0 Å². The number of nitrogens with one attached hydrogen (secondary N) is 1. The molecule has 5 aromatic rings. The minimum Gasteiger partial charge on any atom is -0.512 e. The zero-order chi connectivity index (χ0) is 27.4. The fraction of sp³-hybridized carbons (Fsp3) is 0.0769. The predicted octanol–water partition coefficient (Wildman–Crippen LogP) is 0.500. The van der Waals surface area contributed by atoms with Crippen LogP contribution in [0.1, 0.15) is 21.6 Å². The van der Waals surface area contributed by atoms with Crippen LogP contribution in [-0.2, 0) is 13.1 Å². The SMILES string of the molecule is O=C(NCc1cn(Cc2cccc(OB(O)O)c2)nn1)c1cc(-c2ccc(B(O)O)cc2)nc2ccccc12. The smallest absolute Gasteiger partial charge is 0.512 e. The van der Waals surface area contributed by atoms with Crippen LogP contribution in [0.4, 0.5) is 0 Å². The summed E-state index contributed by atoms with van der Waals surface area (Å²) in [6, 6.07) is 22.5. The molecule has 194 valence electrons. The van der Waals surface area contributed by atoms with Crippen molar-refractivity contribution in [2.24, 2.45) is 0 Å². The van der Waals surface area contributed by atoms with Gasteiger partial charge in [0.15, 0.2) is 0 Å². The first-order valence-corrected chi connectivity index (χ1v) is 12.0. The molecule has 0 aliphatic rings. The number of nitrogens with zero attached hydrogens (tertiary/aromatic N) is 4. The fourth-order valence-corrected chi connectivity index (χ4v) is 4.13. The summed E-state index contributed by atoms with van der Waals surface area (Å²) in [5, 5.41) is 48.5. The molecule has 2 heterocycles. The van der Waals surface area contributed by atoms with Gasteiger partial charge in [0.05, 0.1) is 36.1 Å². The second-order valence-corrected chi connectivity index (χ2v) is 8.75. The normalized spacial score (nSPS) is 10.9. The minimum absolute atomic E-state index is 0.147. The largest absolute Gasteiger partial charge is 0.707 e. The zero-order valence-corrected chi connectivity index (χ0v) is 20.5. The summed E-state index contributed by atoms with van der Waals surface area (Å²) in [5.74, 6) is 0.000178. The van der Waals surface area contributed by atoms with Crippen LogP contribution in [0.5, 0.6) is 5.75 Å². The van der Waals surface area contributed by atoms with Crippen molar-refractivity contribution < 1.29 is 29.5 Å². The Hall–Kier alpha value is -4.55. The highest BCUT2D eigenvalue weighted by molar-refractivity contribution is 6.58. The van der Waals surface area contributed by atoms with Gasteiger partial charge in [0.1, 0.15) is 11.4 Å². The Balaban J connectivity index is 1.31. The van der Waals surface area contributed by atoms with Gasteiger partial charge in [-0.1, -0.05) is 59.8 Å². The standard InChI is InChI=1S/C26H23B2N5O6/c34-26(29-14-20-16-33(32-31-20)15-17-4-3-5-21(12-17)39-28(37)38)23-13-25(30-24-7-2-1-6-22(23)24)18-8-10-19(11-9-18)27(35)36/h1-13,16,35-38H,14-15H2,(H,29,34). The molecule has 0 aliphatic carbocycles. The molecule has 0 atom stereocenters. The highest BCUT2D eigenvalue weighted by Crippen LogP contribution is 2.25. The number of aromatic nitrogens is 4. The van der Waals surface area contributed by atoms with Gasteiger partial charge in [0.25, 0.3) is 5.91 Å². The number of pyridine rings is 1. The molecule has 0 spiro atoms. The number of amides is 1. The number of carbonyl (C=O) groups excluding carboxylic acids is 1. The van der Waals surface area contributed by atoms with E-state index in [0.717, 1.165) is 11.1 Å². The van der Waals surface area contributed by atoms with Gasteiger partial charge in [-0.25, -0.2) is 9.67 Å². The molecule has 0 unspecified atom stereocenters. The van der Waals surface area contributed by atoms with E-state index in [1.54, 1.807) is 59.4 Å². The summed E-state index contributed by atoms with van der Waals surface area (Å²) in [4.78, 5) is 17.9. The summed E-state index contributed by atoms with van der Waals surface area (Å²) in [5.41, 5.74) is 4.11. The van der Waals surface area contributed by atoms with Crippen LogP contribution in [0.15, 0.2) is 85.1 Å². The zero-order valence-electron chi connectivity index (χ0n) is 20.5. The monoisotopic (exact) mass is 523 g/mol. The summed E-state index contributed by atoms with van der Waals surface area (Å²) in [6.07, 6.45) is 1.71. The van der Waals surface area contributed by atoms with Gasteiger partial charge < -0.3 is 30.1 Å². The molecule has 0 radical (unpaired) electrons. The molecular formula is C26H23B2N5O6. The van der Waals surface area contributed by atoms with Crippen LogP contribution in [-0.4, -0.2) is 60.4 Å². The second kappa shape index (κ2) is 11.5. The van der Waals surface area contributed by atoms with Crippen LogP contribution in [0.25, 0.3) is 22.2 Å². The lowest BCUT2D eigenvalue weighted by atomic mass is 9.80. The maximum atomic E-state index is 13.3. The Morgan fingerprint density at radius 2 is 1.74 bits per heavy atom. The average Bonchev–Trinajstić information content (AvgIpc) is 3.38. The van der Waals surface area contributed by atoms with Crippen molar-refractivity contribution in [3.63, 3.8) is 0 Å². The molecular weight excluding hydrogens is 500 g/mol. The highest BCUT2D eigenvalue weighted by Gasteiger charge is 2.16. The number of fused-ring (bicyclic) bond motifs is 1. The molecule has 0 saturated carbocycles. The van der Waals surface area contributed by atoms with Gasteiger partial charge >= 0.3 is 14.4 Å². The minimum atomic E-state index is -1.91. The molecule has 1 amide bonds. The molecule has 0 bridgehead atoms. The van der Waals surface area contributed by atoms with Crippen LogP contribution >= 0.6 is 0 Å². The molecule has 11 nitrogen and oxygen atoms in total. The molecule has 39 heavy (non-hydrogen) atoms. The molecule has 0 fully saturated rings.